The maximum Gasteiger partial charge on any atom is 0.238 e. The van der Waals surface area contributed by atoms with Gasteiger partial charge in [-0.05, 0) is 43.2 Å². The Hall–Kier alpha value is -1.42. The molecule has 0 heterocycles. The monoisotopic (exact) mass is 278 g/mol. The number of halogens is 1. The van der Waals surface area contributed by atoms with Crippen LogP contribution in [0.3, 0.4) is 0 Å². The number of carbonyl (C=O) groups is 1. The molecule has 20 heavy (non-hydrogen) atoms. The van der Waals surface area contributed by atoms with E-state index in [1.807, 2.05) is 0 Å². The second kappa shape index (κ2) is 6.35. The van der Waals surface area contributed by atoms with Crippen LogP contribution in [-0.2, 0) is 4.79 Å². The van der Waals surface area contributed by atoms with Crippen LogP contribution in [0.5, 0.6) is 0 Å². The predicted molar refractivity (Wildman–Crippen MR) is 79.1 cm³/mol. The summed E-state index contributed by atoms with van der Waals surface area (Å²) in [6.07, 6.45) is 4.55. The Balaban J connectivity index is 1.75. The third kappa shape index (κ3) is 4.30. The molecule has 2 N–H and O–H groups in total. The van der Waals surface area contributed by atoms with Crippen LogP contribution in [0.15, 0.2) is 24.3 Å². The molecule has 1 aliphatic carbocycles. The summed E-state index contributed by atoms with van der Waals surface area (Å²) in [5, 5.41) is 5.85. The van der Waals surface area contributed by atoms with Crippen LogP contribution in [0.2, 0.25) is 0 Å². The summed E-state index contributed by atoms with van der Waals surface area (Å²) in [4.78, 5) is 11.8. The lowest BCUT2D eigenvalue weighted by Gasteiger charge is -2.34. The first-order valence-corrected chi connectivity index (χ1v) is 7.24. The van der Waals surface area contributed by atoms with Crippen LogP contribution in [0.1, 0.15) is 39.5 Å². The molecule has 1 aromatic rings. The highest BCUT2D eigenvalue weighted by molar-refractivity contribution is 5.92. The van der Waals surface area contributed by atoms with Gasteiger partial charge in [0.1, 0.15) is 5.82 Å². The Labute approximate surface area is 120 Å². The van der Waals surface area contributed by atoms with Crippen molar-refractivity contribution in [2.45, 2.75) is 45.6 Å². The zero-order chi connectivity index (χ0) is 14.6. The van der Waals surface area contributed by atoms with E-state index in [1.165, 1.54) is 18.9 Å². The summed E-state index contributed by atoms with van der Waals surface area (Å²) in [5.74, 6) is -0.597. The largest absolute Gasteiger partial charge is 0.322 e. The minimum absolute atomic E-state index is 0.195. The summed E-state index contributed by atoms with van der Waals surface area (Å²) in [5.41, 5.74) is 0.664. The second-order valence-electron chi connectivity index (χ2n) is 6.35. The van der Waals surface area contributed by atoms with E-state index in [1.54, 1.807) is 18.2 Å². The molecule has 0 unspecified atom stereocenters. The highest BCUT2D eigenvalue weighted by Gasteiger charge is 2.26. The number of benzene rings is 1. The summed E-state index contributed by atoms with van der Waals surface area (Å²) in [6.45, 7) is 4.81. The van der Waals surface area contributed by atoms with Gasteiger partial charge in [0.25, 0.3) is 0 Å². The third-order valence-corrected chi connectivity index (χ3v) is 4.04. The van der Waals surface area contributed by atoms with E-state index in [0.717, 1.165) is 12.8 Å². The van der Waals surface area contributed by atoms with Gasteiger partial charge in [0.15, 0.2) is 0 Å². The van der Waals surface area contributed by atoms with Gasteiger partial charge in [0.05, 0.1) is 12.2 Å². The van der Waals surface area contributed by atoms with Crippen molar-refractivity contribution in [2.24, 2.45) is 5.41 Å². The number of amides is 1. The fourth-order valence-electron chi connectivity index (χ4n) is 2.60. The molecule has 0 spiro atoms. The molecule has 0 radical (unpaired) electrons. The van der Waals surface area contributed by atoms with Crippen LogP contribution in [-0.4, -0.2) is 18.5 Å². The fourth-order valence-corrected chi connectivity index (χ4v) is 2.60. The number of hydrogen-bond acceptors (Lipinski definition) is 2. The number of rotatable bonds is 4. The minimum Gasteiger partial charge on any atom is -0.322 e. The van der Waals surface area contributed by atoms with Crippen molar-refractivity contribution in [1.29, 1.82) is 0 Å². The topological polar surface area (TPSA) is 41.1 Å². The highest BCUT2D eigenvalue weighted by atomic mass is 19.1. The van der Waals surface area contributed by atoms with E-state index in [0.29, 0.717) is 11.5 Å². The van der Waals surface area contributed by atoms with Crippen molar-refractivity contribution >= 4 is 11.6 Å². The molecule has 0 aromatic heterocycles. The molecule has 4 heteroatoms. The molecule has 2 rings (SSSR count). The van der Waals surface area contributed by atoms with Gasteiger partial charge >= 0.3 is 0 Å². The average Bonchev–Trinajstić information content (AvgIpc) is 2.40. The molecule has 110 valence electrons. The molecular formula is C16H23FN2O. The predicted octanol–water partition coefficient (Wildman–Crippen LogP) is 3.32. The van der Waals surface area contributed by atoms with Gasteiger partial charge in [0.2, 0.25) is 5.91 Å². The number of nitrogens with one attached hydrogen (secondary N) is 2. The minimum atomic E-state index is -0.403. The van der Waals surface area contributed by atoms with Gasteiger partial charge in [-0.15, -0.1) is 0 Å². The van der Waals surface area contributed by atoms with E-state index in [9.17, 15) is 9.18 Å². The van der Waals surface area contributed by atoms with Gasteiger partial charge in [-0.25, -0.2) is 4.39 Å². The highest BCUT2D eigenvalue weighted by Crippen LogP contribution is 2.34. The Morgan fingerprint density at radius 3 is 2.60 bits per heavy atom. The average molecular weight is 278 g/mol. The summed E-state index contributed by atoms with van der Waals surface area (Å²) in [6, 6.07) is 6.61. The van der Waals surface area contributed by atoms with Crippen molar-refractivity contribution in [1.82, 2.24) is 5.32 Å². The van der Waals surface area contributed by atoms with Crippen molar-refractivity contribution in [3.63, 3.8) is 0 Å². The van der Waals surface area contributed by atoms with Gasteiger partial charge in [-0.2, -0.15) is 0 Å². The molecule has 1 amide bonds. The van der Waals surface area contributed by atoms with Crippen LogP contribution in [0.25, 0.3) is 0 Å². The zero-order valence-electron chi connectivity index (χ0n) is 12.2. The lowest BCUT2D eigenvalue weighted by Crippen LogP contribution is -2.39. The van der Waals surface area contributed by atoms with Gasteiger partial charge in [-0.3, -0.25) is 4.79 Å². The molecule has 1 fully saturated rings. The molecule has 1 aliphatic rings. The molecule has 0 saturated heterocycles. The third-order valence-electron chi connectivity index (χ3n) is 4.04. The Morgan fingerprint density at radius 1 is 1.30 bits per heavy atom. The SMILES string of the molecule is CC1(C)CCC(NCC(=O)Nc2ccccc2F)CC1. The first-order chi connectivity index (χ1) is 9.46. The zero-order valence-corrected chi connectivity index (χ0v) is 12.2. The normalized spacial score (nSPS) is 18.8. The molecule has 1 saturated carbocycles. The Bertz CT molecular complexity index is 463. The summed E-state index contributed by atoms with van der Waals surface area (Å²) >= 11 is 0. The number of anilines is 1. The van der Waals surface area contributed by atoms with Gasteiger partial charge < -0.3 is 10.6 Å². The fraction of sp³-hybridized carbons (Fsp3) is 0.562. The van der Waals surface area contributed by atoms with Crippen molar-refractivity contribution < 1.29 is 9.18 Å². The molecule has 0 bridgehead atoms. The number of hydrogen-bond donors (Lipinski definition) is 2. The van der Waals surface area contributed by atoms with Crippen LogP contribution < -0.4 is 10.6 Å². The van der Waals surface area contributed by atoms with Crippen LogP contribution >= 0.6 is 0 Å². The van der Waals surface area contributed by atoms with E-state index in [-0.39, 0.29) is 18.1 Å². The Morgan fingerprint density at radius 2 is 1.95 bits per heavy atom. The number of para-hydroxylation sites is 1. The van der Waals surface area contributed by atoms with Crippen molar-refractivity contribution in [3.05, 3.63) is 30.1 Å². The van der Waals surface area contributed by atoms with Crippen molar-refractivity contribution in [3.8, 4) is 0 Å². The van der Waals surface area contributed by atoms with Crippen LogP contribution in [0.4, 0.5) is 10.1 Å². The lowest BCUT2D eigenvalue weighted by atomic mass is 9.75. The lowest BCUT2D eigenvalue weighted by molar-refractivity contribution is -0.115. The summed E-state index contributed by atoms with van der Waals surface area (Å²) in [7, 11) is 0. The van der Waals surface area contributed by atoms with Gasteiger partial charge in [-0.1, -0.05) is 26.0 Å². The molecular weight excluding hydrogens is 255 g/mol. The molecule has 3 nitrogen and oxygen atoms in total. The number of carbonyl (C=O) groups excluding carboxylic acids is 1. The van der Waals surface area contributed by atoms with E-state index < -0.39 is 5.82 Å². The smallest absolute Gasteiger partial charge is 0.238 e. The molecule has 0 aliphatic heterocycles. The second-order valence-corrected chi connectivity index (χ2v) is 6.35. The quantitative estimate of drug-likeness (QED) is 0.887. The first-order valence-electron chi connectivity index (χ1n) is 7.24. The van der Waals surface area contributed by atoms with E-state index >= 15 is 0 Å². The summed E-state index contributed by atoms with van der Waals surface area (Å²) < 4.78 is 13.4. The molecule has 1 aromatic carbocycles. The van der Waals surface area contributed by atoms with E-state index in [2.05, 4.69) is 24.5 Å². The maximum atomic E-state index is 13.4. The van der Waals surface area contributed by atoms with Crippen LogP contribution in [0, 0.1) is 11.2 Å². The standard InChI is InChI=1S/C16H23FN2O/c1-16(2)9-7-12(8-10-16)18-11-15(20)19-14-6-4-3-5-13(14)17/h3-6,12,18H,7-11H2,1-2H3,(H,19,20). The van der Waals surface area contributed by atoms with Gasteiger partial charge in [0, 0.05) is 6.04 Å². The first kappa shape index (κ1) is 15.0. The molecule has 0 atom stereocenters. The Kier molecular flexibility index (Phi) is 4.76. The van der Waals surface area contributed by atoms with Crippen molar-refractivity contribution in [2.75, 3.05) is 11.9 Å². The van der Waals surface area contributed by atoms with E-state index in [4.69, 9.17) is 0 Å². The maximum absolute atomic E-state index is 13.4.